The number of ether oxygens (including phenoxy) is 1. The van der Waals surface area contributed by atoms with Crippen molar-refractivity contribution in [3.8, 4) is 5.75 Å². The number of aromatic nitrogens is 1. The van der Waals surface area contributed by atoms with Crippen LogP contribution in [0.4, 0.5) is 0 Å². The zero-order chi connectivity index (χ0) is 12.8. The van der Waals surface area contributed by atoms with Gasteiger partial charge < -0.3 is 10.1 Å². The molecule has 0 bridgehead atoms. The van der Waals surface area contributed by atoms with E-state index >= 15 is 0 Å². The topological polar surface area (TPSA) is 34.2 Å². The van der Waals surface area contributed by atoms with E-state index in [1.54, 1.807) is 0 Å². The van der Waals surface area contributed by atoms with Crippen molar-refractivity contribution >= 4 is 0 Å². The zero-order valence-corrected chi connectivity index (χ0v) is 11.5. The van der Waals surface area contributed by atoms with Gasteiger partial charge in [0.1, 0.15) is 5.75 Å². The number of aryl methyl sites for hydroxylation is 1. The average Bonchev–Trinajstić information content (AvgIpc) is 2.40. The zero-order valence-electron chi connectivity index (χ0n) is 11.5. The molecule has 1 saturated carbocycles. The molecule has 18 heavy (non-hydrogen) atoms. The van der Waals surface area contributed by atoms with E-state index in [1.807, 2.05) is 20.2 Å². The van der Waals surface area contributed by atoms with Crippen LogP contribution in [-0.2, 0) is 6.54 Å². The Morgan fingerprint density at radius 1 is 1.33 bits per heavy atom. The van der Waals surface area contributed by atoms with Gasteiger partial charge in [0.05, 0.1) is 6.61 Å². The molecule has 1 aromatic rings. The van der Waals surface area contributed by atoms with Gasteiger partial charge in [-0.2, -0.15) is 0 Å². The Morgan fingerprint density at radius 3 is 2.83 bits per heavy atom. The van der Waals surface area contributed by atoms with Crippen molar-refractivity contribution < 1.29 is 4.74 Å². The van der Waals surface area contributed by atoms with Crippen molar-refractivity contribution in [1.82, 2.24) is 10.3 Å². The lowest BCUT2D eigenvalue weighted by molar-refractivity contribution is 0.207. The number of nitrogens with zero attached hydrogens (tertiary/aromatic N) is 1. The molecule has 1 fully saturated rings. The van der Waals surface area contributed by atoms with Crippen molar-refractivity contribution in [2.24, 2.45) is 5.92 Å². The second kappa shape index (κ2) is 6.74. The first-order valence-electron chi connectivity index (χ1n) is 7.02. The van der Waals surface area contributed by atoms with Gasteiger partial charge in [0.15, 0.2) is 0 Å². The SMILES string of the molecule is CNCc1cnc(C)cc1OCC1CCCCC1. The van der Waals surface area contributed by atoms with E-state index in [4.69, 9.17) is 4.74 Å². The van der Waals surface area contributed by atoms with Gasteiger partial charge in [-0.25, -0.2) is 0 Å². The summed E-state index contributed by atoms with van der Waals surface area (Å²) in [5.41, 5.74) is 2.17. The van der Waals surface area contributed by atoms with Crippen LogP contribution in [0.3, 0.4) is 0 Å². The van der Waals surface area contributed by atoms with Gasteiger partial charge in [0.2, 0.25) is 0 Å². The second-order valence-corrected chi connectivity index (χ2v) is 5.28. The normalized spacial score (nSPS) is 16.8. The Bertz CT molecular complexity index is 373. The van der Waals surface area contributed by atoms with Gasteiger partial charge in [-0.1, -0.05) is 19.3 Å². The Morgan fingerprint density at radius 2 is 2.11 bits per heavy atom. The first-order chi connectivity index (χ1) is 8.79. The molecule has 3 nitrogen and oxygen atoms in total. The molecule has 2 rings (SSSR count). The predicted molar refractivity (Wildman–Crippen MR) is 73.8 cm³/mol. The van der Waals surface area contributed by atoms with Crippen LogP contribution in [0.25, 0.3) is 0 Å². The summed E-state index contributed by atoms with van der Waals surface area (Å²) in [5, 5.41) is 3.16. The molecule has 0 aromatic carbocycles. The van der Waals surface area contributed by atoms with Crippen LogP contribution in [0.2, 0.25) is 0 Å². The molecule has 100 valence electrons. The summed E-state index contributed by atoms with van der Waals surface area (Å²) >= 11 is 0. The van der Waals surface area contributed by atoms with E-state index in [2.05, 4.69) is 16.4 Å². The van der Waals surface area contributed by atoms with Gasteiger partial charge >= 0.3 is 0 Å². The van der Waals surface area contributed by atoms with Crippen molar-refractivity contribution in [1.29, 1.82) is 0 Å². The van der Waals surface area contributed by atoms with Gasteiger partial charge in [-0.15, -0.1) is 0 Å². The lowest BCUT2D eigenvalue weighted by atomic mass is 9.90. The van der Waals surface area contributed by atoms with Crippen molar-refractivity contribution in [3.63, 3.8) is 0 Å². The van der Waals surface area contributed by atoms with Gasteiger partial charge in [-0.3, -0.25) is 4.98 Å². The molecule has 1 N–H and O–H groups in total. The highest BCUT2D eigenvalue weighted by molar-refractivity contribution is 5.32. The summed E-state index contributed by atoms with van der Waals surface area (Å²) in [6.07, 6.45) is 8.70. The first kappa shape index (κ1) is 13.3. The molecule has 1 heterocycles. The van der Waals surface area contributed by atoms with Gasteiger partial charge in [-0.05, 0) is 32.7 Å². The molecule has 0 unspecified atom stereocenters. The third-order valence-corrected chi connectivity index (χ3v) is 3.65. The minimum absolute atomic E-state index is 0.745. The van der Waals surface area contributed by atoms with Crippen LogP contribution in [0, 0.1) is 12.8 Å². The Hall–Kier alpha value is -1.09. The highest BCUT2D eigenvalue weighted by Gasteiger charge is 2.15. The van der Waals surface area contributed by atoms with E-state index in [-0.39, 0.29) is 0 Å². The first-order valence-corrected chi connectivity index (χ1v) is 7.02. The average molecular weight is 248 g/mol. The molecule has 0 aliphatic heterocycles. The standard InChI is InChI=1S/C15H24N2O/c1-12-8-15(14(9-16-2)10-17-12)18-11-13-6-4-3-5-7-13/h8,10,13,16H,3-7,9,11H2,1-2H3. The number of hydrogen-bond donors (Lipinski definition) is 1. The molecule has 0 atom stereocenters. The van der Waals surface area contributed by atoms with Gasteiger partial charge in [0, 0.05) is 30.1 Å². The van der Waals surface area contributed by atoms with Crippen LogP contribution in [0.5, 0.6) is 5.75 Å². The lowest BCUT2D eigenvalue weighted by Gasteiger charge is -2.22. The third kappa shape index (κ3) is 3.70. The number of nitrogens with one attached hydrogen (secondary N) is 1. The smallest absolute Gasteiger partial charge is 0.127 e. The summed E-state index contributed by atoms with van der Waals surface area (Å²) in [4.78, 5) is 4.33. The summed E-state index contributed by atoms with van der Waals surface area (Å²) in [5.74, 6) is 1.75. The Balaban J connectivity index is 1.95. The van der Waals surface area contributed by atoms with Crippen LogP contribution in [-0.4, -0.2) is 18.6 Å². The molecular weight excluding hydrogens is 224 g/mol. The number of hydrogen-bond acceptors (Lipinski definition) is 3. The highest BCUT2D eigenvalue weighted by atomic mass is 16.5. The quantitative estimate of drug-likeness (QED) is 0.869. The largest absolute Gasteiger partial charge is 0.493 e. The predicted octanol–water partition coefficient (Wildman–Crippen LogP) is 3.07. The molecule has 0 amide bonds. The maximum absolute atomic E-state index is 6.03. The fraction of sp³-hybridized carbons (Fsp3) is 0.667. The van der Waals surface area contributed by atoms with Crippen LogP contribution < -0.4 is 10.1 Å². The number of pyridine rings is 1. The summed E-state index contributed by atoms with van der Waals surface area (Å²) < 4.78 is 6.03. The molecule has 1 aliphatic rings. The number of rotatable bonds is 5. The van der Waals surface area contributed by atoms with Crippen molar-refractivity contribution in [2.75, 3.05) is 13.7 Å². The molecule has 1 aromatic heterocycles. The van der Waals surface area contributed by atoms with E-state index < -0.39 is 0 Å². The van der Waals surface area contributed by atoms with Crippen molar-refractivity contribution in [2.45, 2.75) is 45.6 Å². The molecule has 3 heteroatoms. The summed E-state index contributed by atoms with van der Waals surface area (Å²) in [6, 6.07) is 2.05. The summed E-state index contributed by atoms with van der Waals surface area (Å²) in [7, 11) is 1.95. The van der Waals surface area contributed by atoms with Crippen LogP contribution >= 0.6 is 0 Å². The maximum atomic E-state index is 6.03. The molecule has 0 radical (unpaired) electrons. The second-order valence-electron chi connectivity index (χ2n) is 5.28. The highest BCUT2D eigenvalue weighted by Crippen LogP contribution is 2.26. The minimum atomic E-state index is 0.745. The van der Waals surface area contributed by atoms with E-state index in [0.29, 0.717) is 0 Å². The van der Waals surface area contributed by atoms with Gasteiger partial charge in [0.25, 0.3) is 0 Å². The lowest BCUT2D eigenvalue weighted by Crippen LogP contribution is -2.16. The third-order valence-electron chi connectivity index (χ3n) is 3.65. The fourth-order valence-corrected chi connectivity index (χ4v) is 2.58. The van der Waals surface area contributed by atoms with E-state index in [0.717, 1.165) is 36.1 Å². The van der Waals surface area contributed by atoms with Crippen molar-refractivity contribution in [3.05, 3.63) is 23.5 Å². The molecular formula is C15H24N2O. The monoisotopic (exact) mass is 248 g/mol. The molecule has 0 saturated heterocycles. The van der Waals surface area contributed by atoms with Crippen LogP contribution in [0.1, 0.15) is 43.4 Å². The van der Waals surface area contributed by atoms with Crippen LogP contribution in [0.15, 0.2) is 12.3 Å². The minimum Gasteiger partial charge on any atom is -0.493 e. The maximum Gasteiger partial charge on any atom is 0.127 e. The van der Waals surface area contributed by atoms with E-state index in [9.17, 15) is 0 Å². The summed E-state index contributed by atoms with van der Waals surface area (Å²) in [6.45, 7) is 3.68. The van der Waals surface area contributed by atoms with E-state index in [1.165, 1.54) is 32.1 Å². The Labute approximate surface area is 110 Å². The molecule has 0 spiro atoms. The fourth-order valence-electron chi connectivity index (χ4n) is 2.58. The Kier molecular flexibility index (Phi) is 5.00. The molecule has 1 aliphatic carbocycles.